The first-order valence-electron chi connectivity index (χ1n) is 6.23. The first kappa shape index (κ1) is 16.4. The summed E-state index contributed by atoms with van der Waals surface area (Å²) in [5, 5.41) is 4.68. The smallest absolute Gasteiger partial charge is 0.243 e. The molecule has 0 aliphatic carbocycles. The van der Waals surface area contributed by atoms with E-state index in [2.05, 4.69) is 10.3 Å². The average Bonchev–Trinajstić information content (AvgIpc) is 2.99. The molecule has 7 nitrogen and oxygen atoms in total. The van der Waals surface area contributed by atoms with E-state index in [4.69, 9.17) is 4.74 Å². The van der Waals surface area contributed by atoms with E-state index in [1.807, 2.05) is 0 Å². The molecule has 0 atom stereocenters. The molecule has 0 radical (unpaired) electrons. The Bertz CT molecular complexity index is 727. The van der Waals surface area contributed by atoms with Crippen molar-refractivity contribution in [3.63, 3.8) is 0 Å². The minimum Gasteiger partial charge on any atom is -0.497 e. The predicted octanol–water partition coefficient (Wildman–Crippen LogP) is 1.41. The summed E-state index contributed by atoms with van der Waals surface area (Å²) < 4.78 is 30.7. The zero-order valence-electron chi connectivity index (χ0n) is 12.0. The number of aromatic nitrogens is 1. The highest BCUT2D eigenvalue weighted by Gasteiger charge is 2.23. The van der Waals surface area contributed by atoms with Crippen LogP contribution >= 0.6 is 11.3 Å². The van der Waals surface area contributed by atoms with Crippen LogP contribution in [0, 0.1) is 0 Å². The number of rotatable bonds is 6. The van der Waals surface area contributed by atoms with Crippen LogP contribution < -0.4 is 10.1 Å². The molecule has 1 amide bonds. The second-order valence-electron chi connectivity index (χ2n) is 4.32. The number of methoxy groups -OCH3 is 1. The maximum absolute atomic E-state index is 12.4. The Morgan fingerprint density at radius 3 is 2.59 bits per heavy atom. The van der Waals surface area contributed by atoms with E-state index in [0.717, 1.165) is 4.31 Å². The summed E-state index contributed by atoms with van der Waals surface area (Å²) in [6.45, 7) is -0.298. The van der Waals surface area contributed by atoms with E-state index in [1.54, 1.807) is 23.7 Å². The Morgan fingerprint density at radius 1 is 1.36 bits per heavy atom. The molecule has 1 aromatic heterocycles. The molecule has 0 unspecified atom stereocenters. The van der Waals surface area contributed by atoms with Crippen LogP contribution in [-0.4, -0.2) is 44.3 Å². The maximum atomic E-state index is 12.4. The predicted molar refractivity (Wildman–Crippen MR) is 83.6 cm³/mol. The number of likely N-dealkylation sites (N-methyl/N-ethyl adjacent to an activating group) is 1. The van der Waals surface area contributed by atoms with Crippen molar-refractivity contribution in [2.45, 2.75) is 4.90 Å². The quantitative estimate of drug-likeness (QED) is 0.858. The molecule has 0 saturated heterocycles. The molecule has 118 valence electrons. The highest BCUT2D eigenvalue weighted by molar-refractivity contribution is 7.89. The molecule has 0 fully saturated rings. The summed E-state index contributed by atoms with van der Waals surface area (Å²) in [5.74, 6) is 0.109. The van der Waals surface area contributed by atoms with Crippen molar-refractivity contribution in [2.75, 3.05) is 26.0 Å². The van der Waals surface area contributed by atoms with Crippen LogP contribution in [0.1, 0.15) is 0 Å². The molecule has 0 bridgehead atoms. The largest absolute Gasteiger partial charge is 0.497 e. The van der Waals surface area contributed by atoms with E-state index >= 15 is 0 Å². The molecule has 22 heavy (non-hydrogen) atoms. The van der Waals surface area contributed by atoms with Crippen LogP contribution in [0.5, 0.6) is 5.75 Å². The number of benzene rings is 1. The van der Waals surface area contributed by atoms with Crippen molar-refractivity contribution in [2.24, 2.45) is 0 Å². The van der Waals surface area contributed by atoms with Gasteiger partial charge in [0.1, 0.15) is 5.75 Å². The number of hydrogen-bond acceptors (Lipinski definition) is 6. The Labute approximate surface area is 132 Å². The lowest BCUT2D eigenvalue weighted by atomic mass is 10.3. The SMILES string of the molecule is COc1ccc(S(=O)(=O)N(C)CC(=O)Nc2nccs2)cc1. The second-order valence-corrected chi connectivity index (χ2v) is 7.26. The third-order valence-corrected chi connectivity index (χ3v) is 5.32. The van der Waals surface area contributed by atoms with Crippen LogP contribution in [0.25, 0.3) is 0 Å². The van der Waals surface area contributed by atoms with Crippen molar-refractivity contribution >= 4 is 32.4 Å². The lowest BCUT2D eigenvalue weighted by Gasteiger charge is -2.16. The molecular weight excluding hydrogens is 326 g/mol. The van der Waals surface area contributed by atoms with E-state index in [1.165, 1.54) is 37.6 Å². The minimum absolute atomic E-state index is 0.0952. The zero-order chi connectivity index (χ0) is 16.2. The molecule has 0 spiro atoms. The van der Waals surface area contributed by atoms with Crippen LogP contribution in [0.2, 0.25) is 0 Å². The molecule has 9 heteroatoms. The average molecular weight is 341 g/mol. The van der Waals surface area contributed by atoms with Crippen molar-refractivity contribution in [1.29, 1.82) is 0 Å². The molecule has 0 saturated carbocycles. The van der Waals surface area contributed by atoms with Gasteiger partial charge in [-0.2, -0.15) is 4.31 Å². The number of carbonyl (C=O) groups excluding carboxylic acids is 1. The number of ether oxygens (including phenoxy) is 1. The Kier molecular flexibility index (Phi) is 5.11. The molecule has 2 aromatic rings. The third-order valence-electron chi connectivity index (χ3n) is 2.81. The van der Waals surface area contributed by atoms with Gasteiger partial charge in [-0.1, -0.05) is 0 Å². The summed E-state index contributed by atoms with van der Waals surface area (Å²) in [6.07, 6.45) is 1.55. The minimum atomic E-state index is -3.74. The van der Waals surface area contributed by atoms with Crippen molar-refractivity contribution in [3.05, 3.63) is 35.8 Å². The van der Waals surface area contributed by atoms with Gasteiger partial charge in [0.25, 0.3) is 0 Å². The summed E-state index contributed by atoms with van der Waals surface area (Å²) in [5.41, 5.74) is 0. The standard InChI is InChI=1S/C13H15N3O4S2/c1-16(9-12(17)15-13-14-7-8-21-13)22(18,19)11-5-3-10(20-2)4-6-11/h3-8H,9H2,1-2H3,(H,14,15,17). The van der Waals surface area contributed by atoms with E-state index in [-0.39, 0.29) is 11.4 Å². The van der Waals surface area contributed by atoms with Crippen molar-refractivity contribution < 1.29 is 17.9 Å². The Balaban J connectivity index is 2.06. The normalized spacial score (nSPS) is 11.4. The number of nitrogens with one attached hydrogen (secondary N) is 1. The maximum Gasteiger partial charge on any atom is 0.243 e. The fraction of sp³-hybridized carbons (Fsp3) is 0.231. The molecule has 2 rings (SSSR count). The van der Waals surface area contributed by atoms with Crippen molar-refractivity contribution in [1.82, 2.24) is 9.29 Å². The van der Waals surface area contributed by atoms with Gasteiger partial charge >= 0.3 is 0 Å². The van der Waals surface area contributed by atoms with E-state index in [9.17, 15) is 13.2 Å². The fourth-order valence-electron chi connectivity index (χ4n) is 1.66. The van der Waals surface area contributed by atoms with Gasteiger partial charge in [0, 0.05) is 18.6 Å². The van der Waals surface area contributed by atoms with Gasteiger partial charge in [0.15, 0.2) is 5.13 Å². The van der Waals surface area contributed by atoms with E-state index in [0.29, 0.717) is 10.9 Å². The van der Waals surface area contributed by atoms with Gasteiger partial charge in [0.05, 0.1) is 18.6 Å². The molecule has 0 aliphatic heterocycles. The Morgan fingerprint density at radius 2 is 2.05 bits per heavy atom. The topological polar surface area (TPSA) is 88.6 Å². The summed E-state index contributed by atoms with van der Waals surface area (Å²) in [4.78, 5) is 15.8. The van der Waals surface area contributed by atoms with Gasteiger partial charge < -0.3 is 10.1 Å². The van der Waals surface area contributed by atoms with Crippen molar-refractivity contribution in [3.8, 4) is 5.75 Å². The number of carbonyl (C=O) groups is 1. The zero-order valence-corrected chi connectivity index (χ0v) is 13.6. The summed E-state index contributed by atoms with van der Waals surface area (Å²) >= 11 is 1.26. The highest BCUT2D eigenvalue weighted by atomic mass is 32.2. The van der Waals surface area contributed by atoms with Crippen LogP contribution in [0.15, 0.2) is 40.7 Å². The number of hydrogen-bond donors (Lipinski definition) is 1. The molecule has 0 aliphatic rings. The monoisotopic (exact) mass is 341 g/mol. The van der Waals surface area contributed by atoms with Crippen LogP contribution in [0.4, 0.5) is 5.13 Å². The van der Waals surface area contributed by atoms with Crippen LogP contribution in [-0.2, 0) is 14.8 Å². The fourth-order valence-corrected chi connectivity index (χ4v) is 3.33. The number of sulfonamides is 1. The summed E-state index contributed by atoms with van der Waals surface area (Å²) in [6, 6.07) is 5.97. The van der Waals surface area contributed by atoms with Gasteiger partial charge in [-0.25, -0.2) is 13.4 Å². The number of thiazole rings is 1. The number of amides is 1. The molecule has 1 aromatic carbocycles. The number of nitrogens with zero attached hydrogens (tertiary/aromatic N) is 2. The molecular formula is C13H15N3O4S2. The third kappa shape index (κ3) is 3.81. The number of anilines is 1. The summed E-state index contributed by atoms with van der Waals surface area (Å²) in [7, 11) is -0.891. The lowest BCUT2D eigenvalue weighted by Crippen LogP contribution is -2.34. The first-order chi connectivity index (χ1) is 10.4. The van der Waals surface area contributed by atoms with Gasteiger partial charge in [0.2, 0.25) is 15.9 Å². The Hall–Kier alpha value is -1.97. The molecule has 1 heterocycles. The lowest BCUT2D eigenvalue weighted by molar-refractivity contribution is -0.116. The first-order valence-corrected chi connectivity index (χ1v) is 8.55. The van der Waals surface area contributed by atoms with Gasteiger partial charge in [-0.15, -0.1) is 11.3 Å². The van der Waals surface area contributed by atoms with E-state index < -0.39 is 15.9 Å². The van der Waals surface area contributed by atoms with Crippen LogP contribution in [0.3, 0.4) is 0 Å². The van der Waals surface area contributed by atoms with Gasteiger partial charge in [-0.05, 0) is 24.3 Å². The molecule has 1 N–H and O–H groups in total. The second kappa shape index (κ2) is 6.86. The highest BCUT2D eigenvalue weighted by Crippen LogP contribution is 2.18. The van der Waals surface area contributed by atoms with Gasteiger partial charge in [-0.3, -0.25) is 4.79 Å².